The van der Waals surface area contributed by atoms with E-state index in [0.717, 1.165) is 11.3 Å². The first-order valence-electron chi connectivity index (χ1n) is 6.37. The number of carbonyl (C=O) groups excluding carboxylic acids is 1. The minimum Gasteiger partial charge on any atom is -0.496 e. The standard InChI is InChI=1S/C16H18N2O2/c1-18(13-9-7-12(11-17)8-10-13)16(19)14-5-3-4-6-15(14)20-2/h3-10H,11,17H2,1-2H3. The summed E-state index contributed by atoms with van der Waals surface area (Å²) in [5.74, 6) is 0.464. The molecule has 2 rings (SSSR count). The average molecular weight is 270 g/mol. The fourth-order valence-corrected chi connectivity index (χ4v) is 1.97. The predicted molar refractivity (Wildman–Crippen MR) is 80.1 cm³/mol. The lowest BCUT2D eigenvalue weighted by molar-refractivity contribution is 0.0990. The summed E-state index contributed by atoms with van der Waals surface area (Å²) in [5, 5.41) is 0. The zero-order chi connectivity index (χ0) is 14.5. The molecule has 0 saturated carbocycles. The van der Waals surface area contributed by atoms with Crippen LogP contribution in [0.1, 0.15) is 15.9 Å². The van der Waals surface area contributed by atoms with Crippen LogP contribution in [0.4, 0.5) is 5.69 Å². The van der Waals surface area contributed by atoms with E-state index in [1.165, 1.54) is 0 Å². The normalized spacial score (nSPS) is 10.2. The number of carbonyl (C=O) groups is 1. The van der Waals surface area contributed by atoms with Gasteiger partial charge in [0.05, 0.1) is 12.7 Å². The minimum atomic E-state index is -0.108. The van der Waals surface area contributed by atoms with Crippen molar-refractivity contribution in [3.8, 4) is 5.75 Å². The quantitative estimate of drug-likeness (QED) is 0.928. The molecular formula is C16H18N2O2. The number of para-hydroxylation sites is 1. The van der Waals surface area contributed by atoms with E-state index in [4.69, 9.17) is 10.5 Å². The highest BCUT2D eigenvalue weighted by Crippen LogP contribution is 2.22. The average Bonchev–Trinajstić information content (AvgIpc) is 2.53. The molecule has 0 radical (unpaired) electrons. The van der Waals surface area contributed by atoms with Crippen LogP contribution in [0, 0.1) is 0 Å². The maximum atomic E-state index is 12.5. The molecule has 0 aliphatic heterocycles. The van der Waals surface area contributed by atoms with Crippen LogP contribution in [-0.2, 0) is 6.54 Å². The Kier molecular flexibility index (Phi) is 4.38. The molecule has 0 aromatic heterocycles. The summed E-state index contributed by atoms with van der Waals surface area (Å²) >= 11 is 0. The summed E-state index contributed by atoms with van der Waals surface area (Å²) in [4.78, 5) is 14.1. The molecule has 4 nitrogen and oxygen atoms in total. The first-order valence-corrected chi connectivity index (χ1v) is 6.37. The summed E-state index contributed by atoms with van der Waals surface area (Å²) in [5.41, 5.74) is 7.96. The molecule has 104 valence electrons. The number of nitrogens with zero attached hydrogens (tertiary/aromatic N) is 1. The van der Waals surface area contributed by atoms with Gasteiger partial charge in [-0.15, -0.1) is 0 Å². The van der Waals surface area contributed by atoms with Crippen LogP contribution in [-0.4, -0.2) is 20.1 Å². The monoisotopic (exact) mass is 270 g/mol. The maximum Gasteiger partial charge on any atom is 0.261 e. The molecular weight excluding hydrogens is 252 g/mol. The zero-order valence-electron chi connectivity index (χ0n) is 11.7. The Morgan fingerprint density at radius 1 is 1.15 bits per heavy atom. The Balaban J connectivity index is 2.27. The van der Waals surface area contributed by atoms with E-state index in [1.807, 2.05) is 36.4 Å². The van der Waals surface area contributed by atoms with Crippen LogP contribution in [0.25, 0.3) is 0 Å². The molecule has 2 N–H and O–H groups in total. The van der Waals surface area contributed by atoms with E-state index in [-0.39, 0.29) is 5.91 Å². The van der Waals surface area contributed by atoms with E-state index in [0.29, 0.717) is 17.9 Å². The summed E-state index contributed by atoms with van der Waals surface area (Å²) in [6.07, 6.45) is 0. The third kappa shape index (κ3) is 2.81. The van der Waals surface area contributed by atoms with Gasteiger partial charge in [0, 0.05) is 19.3 Å². The zero-order valence-corrected chi connectivity index (χ0v) is 11.7. The molecule has 0 fully saturated rings. The maximum absolute atomic E-state index is 12.5. The lowest BCUT2D eigenvalue weighted by Gasteiger charge is -2.19. The fraction of sp³-hybridized carbons (Fsp3) is 0.188. The molecule has 0 atom stereocenters. The Morgan fingerprint density at radius 2 is 1.80 bits per heavy atom. The number of ether oxygens (including phenoxy) is 1. The minimum absolute atomic E-state index is 0.108. The van der Waals surface area contributed by atoms with Gasteiger partial charge in [-0.1, -0.05) is 24.3 Å². The highest BCUT2D eigenvalue weighted by atomic mass is 16.5. The van der Waals surface area contributed by atoms with Crippen LogP contribution in [0.15, 0.2) is 48.5 Å². The van der Waals surface area contributed by atoms with Crippen molar-refractivity contribution in [1.29, 1.82) is 0 Å². The van der Waals surface area contributed by atoms with Crippen molar-refractivity contribution < 1.29 is 9.53 Å². The van der Waals surface area contributed by atoms with Gasteiger partial charge in [0.15, 0.2) is 0 Å². The fourth-order valence-electron chi connectivity index (χ4n) is 1.97. The molecule has 2 aromatic rings. The number of hydrogen-bond donors (Lipinski definition) is 1. The third-order valence-electron chi connectivity index (χ3n) is 3.20. The van der Waals surface area contributed by atoms with Crippen molar-refractivity contribution >= 4 is 11.6 Å². The van der Waals surface area contributed by atoms with Crippen molar-refractivity contribution in [3.63, 3.8) is 0 Å². The number of rotatable bonds is 4. The van der Waals surface area contributed by atoms with E-state index >= 15 is 0 Å². The Hall–Kier alpha value is -2.33. The van der Waals surface area contributed by atoms with Gasteiger partial charge in [0.25, 0.3) is 5.91 Å². The molecule has 1 amide bonds. The number of hydrogen-bond acceptors (Lipinski definition) is 3. The first kappa shape index (κ1) is 14.1. The van der Waals surface area contributed by atoms with Gasteiger partial charge in [-0.05, 0) is 29.8 Å². The molecule has 0 aliphatic rings. The van der Waals surface area contributed by atoms with Gasteiger partial charge in [-0.25, -0.2) is 0 Å². The molecule has 0 aliphatic carbocycles. The van der Waals surface area contributed by atoms with Crippen LogP contribution < -0.4 is 15.4 Å². The van der Waals surface area contributed by atoms with E-state index in [2.05, 4.69) is 0 Å². The second-order valence-electron chi connectivity index (χ2n) is 4.44. The Bertz CT molecular complexity index is 594. The van der Waals surface area contributed by atoms with E-state index in [1.54, 1.807) is 31.2 Å². The van der Waals surface area contributed by atoms with Crippen molar-refractivity contribution in [3.05, 3.63) is 59.7 Å². The number of benzene rings is 2. The van der Waals surface area contributed by atoms with Crippen molar-refractivity contribution in [2.24, 2.45) is 5.73 Å². The second kappa shape index (κ2) is 6.21. The van der Waals surface area contributed by atoms with Gasteiger partial charge >= 0.3 is 0 Å². The molecule has 0 heterocycles. The highest BCUT2D eigenvalue weighted by molar-refractivity contribution is 6.07. The summed E-state index contributed by atoms with van der Waals surface area (Å²) in [6, 6.07) is 14.8. The topological polar surface area (TPSA) is 55.6 Å². The van der Waals surface area contributed by atoms with Crippen molar-refractivity contribution in [2.45, 2.75) is 6.54 Å². The molecule has 0 saturated heterocycles. The number of anilines is 1. The van der Waals surface area contributed by atoms with Crippen molar-refractivity contribution in [1.82, 2.24) is 0 Å². The molecule has 0 bridgehead atoms. The lowest BCUT2D eigenvalue weighted by atomic mass is 10.1. The van der Waals surface area contributed by atoms with Crippen LogP contribution >= 0.6 is 0 Å². The molecule has 2 aromatic carbocycles. The third-order valence-corrected chi connectivity index (χ3v) is 3.20. The molecule has 0 unspecified atom stereocenters. The van der Waals surface area contributed by atoms with Gasteiger partial charge in [0.2, 0.25) is 0 Å². The van der Waals surface area contributed by atoms with Crippen LogP contribution in [0.3, 0.4) is 0 Å². The van der Waals surface area contributed by atoms with E-state index in [9.17, 15) is 4.79 Å². The number of methoxy groups -OCH3 is 1. The Labute approximate surface area is 118 Å². The first-order chi connectivity index (χ1) is 9.67. The molecule has 0 spiro atoms. The highest BCUT2D eigenvalue weighted by Gasteiger charge is 2.17. The van der Waals surface area contributed by atoms with Crippen molar-refractivity contribution in [2.75, 3.05) is 19.1 Å². The van der Waals surface area contributed by atoms with Crippen LogP contribution in [0.2, 0.25) is 0 Å². The van der Waals surface area contributed by atoms with Gasteiger partial charge in [0.1, 0.15) is 5.75 Å². The molecule has 4 heteroatoms. The smallest absolute Gasteiger partial charge is 0.261 e. The summed E-state index contributed by atoms with van der Waals surface area (Å²) in [6.45, 7) is 0.491. The SMILES string of the molecule is COc1ccccc1C(=O)N(C)c1ccc(CN)cc1. The van der Waals surface area contributed by atoms with Crippen LogP contribution in [0.5, 0.6) is 5.75 Å². The van der Waals surface area contributed by atoms with Gasteiger partial charge in [-0.3, -0.25) is 4.79 Å². The number of amides is 1. The van der Waals surface area contributed by atoms with E-state index < -0.39 is 0 Å². The largest absolute Gasteiger partial charge is 0.496 e. The predicted octanol–water partition coefficient (Wildman–Crippen LogP) is 2.43. The summed E-state index contributed by atoms with van der Waals surface area (Å²) < 4.78 is 5.22. The van der Waals surface area contributed by atoms with Gasteiger partial charge in [-0.2, -0.15) is 0 Å². The molecule has 20 heavy (non-hydrogen) atoms. The summed E-state index contributed by atoms with van der Waals surface area (Å²) in [7, 11) is 3.30. The van der Waals surface area contributed by atoms with Gasteiger partial charge < -0.3 is 15.4 Å². The second-order valence-corrected chi connectivity index (χ2v) is 4.44. The lowest BCUT2D eigenvalue weighted by Crippen LogP contribution is -2.26. The Morgan fingerprint density at radius 3 is 2.40 bits per heavy atom. The number of nitrogens with two attached hydrogens (primary N) is 1.